The van der Waals surface area contributed by atoms with Crippen LogP contribution in [0, 0.1) is 0 Å². The fourth-order valence-corrected chi connectivity index (χ4v) is 2.26. The van der Waals surface area contributed by atoms with Gasteiger partial charge in [0, 0.05) is 25.2 Å². The van der Waals surface area contributed by atoms with Crippen LogP contribution in [0.25, 0.3) is 0 Å². The summed E-state index contributed by atoms with van der Waals surface area (Å²) in [7, 11) is 0. The molecule has 1 rings (SSSR count). The first-order chi connectivity index (χ1) is 7.25. The van der Waals surface area contributed by atoms with E-state index in [2.05, 4.69) is 11.8 Å². The van der Waals surface area contributed by atoms with Crippen molar-refractivity contribution in [1.29, 1.82) is 0 Å². The first-order valence-corrected chi connectivity index (χ1v) is 6.03. The Hall–Kier alpha value is -0.160. The second-order valence-corrected chi connectivity index (χ2v) is 4.36. The Morgan fingerprint density at radius 3 is 2.87 bits per heavy atom. The van der Waals surface area contributed by atoms with Gasteiger partial charge in [-0.05, 0) is 26.3 Å². The van der Waals surface area contributed by atoms with Crippen LogP contribution in [0.4, 0.5) is 0 Å². The monoisotopic (exact) mass is 215 g/mol. The number of piperidine rings is 1. The van der Waals surface area contributed by atoms with Gasteiger partial charge >= 0.3 is 0 Å². The van der Waals surface area contributed by atoms with E-state index >= 15 is 0 Å². The Bertz CT molecular complexity index is 164. The number of ether oxygens (including phenoxy) is 1. The van der Waals surface area contributed by atoms with Crippen molar-refractivity contribution in [3.63, 3.8) is 0 Å². The van der Waals surface area contributed by atoms with Crippen LogP contribution in [0.1, 0.15) is 26.2 Å². The predicted molar refractivity (Wildman–Crippen MR) is 62.7 cm³/mol. The third-order valence-electron chi connectivity index (χ3n) is 3.06. The highest BCUT2D eigenvalue weighted by atomic mass is 16.5. The van der Waals surface area contributed by atoms with Crippen LogP contribution < -0.4 is 11.5 Å². The number of nitrogens with two attached hydrogens (primary N) is 2. The van der Waals surface area contributed by atoms with Crippen molar-refractivity contribution < 1.29 is 4.74 Å². The van der Waals surface area contributed by atoms with Gasteiger partial charge in [-0.2, -0.15) is 0 Å². The summed E-state index contributed by atoms with van der Waals surface area (Å²) < 4.78 is 5.41. The fraction of sp³-hybridized carbons (Fsp3) is 1.00. The zero-order valence-corrected chi connectivity index (χ0v) is 9.82. The summed E-state index contributed by atoms with van der Waals surface area (Å²) >= 11 is 0. The summed E-state index contributed by atoms with van der Waals surface area (Å²) in [5.41, 5.74) is 11.4. The molecule has 1 saturated heterocycles. The van der Waals surface area contributed by atoms with Gasteiger partial charge in [-0.15, -0.1) is 0 Å². The van der Waals surface area contributed by atoms with Crippen molar-refractivity contribution in [1.82, 2.24) is 4.90 Å². The van der Waals surface area contributed by atoms with Gasteiger partial charge in [0.25, 0.3) is 0 Å². The highest BCUT2D eigenvalue weighted by Gasteiger charge is 2.24. The van der Waals surface area contributed by atoms with Crippen molar-refractivity contribution in [3.8, 4) is 0 Å². The van der Waals surface area contributed by atoms with Crippen molar-refractivity contribution in [3.05, 3.63) is 0 Å². The summed E-state index contributed by atoms with van der Waals surface area (Å²) in [6, 6.07) is 0.806. The second-order valence-electron chi connectivity index (χ2n) is 4.36. The topological polar surface area (TPSA) is 64.5 Å². The standard InChI is InChI=1S/C11H25N3O/c1-10(13)11-4-2-3-6-14(11)7-9-15-8-5-12/h10-11H,2-9,12-13H2,1H3. The molecular formula is C11H25N3O. The molecule has 1 aliphatic rings. The molecule has 4 heteroatoms. The van der Waals surface area contributed by atoms with E-state index in [1.807, 2.05) is 0 Å². The Morgan fingerprint density at radius 1 is 1.40 bits per heavy atom. The van der Waals surface area contributed by atoms with Crippen LogP contribution in [0.3, 0.4) is 0 Å². The van der Waals surface area contributed by atoms with Gasteiger partial charge in [0.15, 0.2) is 0 Å². The Morgan fingerprint density at radius 2 is 2.20 bits per heavy atom. The quantitative estimate of drug-likeness (QED) is 0.620. The minimum atomic E-state index is 0.264. The van der Waals surface area contributed by atoms with Crippen molar-refractivity contribution in [2.24, 2.45) is 11.5 Å². The molecule has 0 saturated carbocycles. The zero-order chi connectivity index (χ0) is 11.1. The fourth-order valence-electron chi connectivity index (χ4n) is 2.26. The average molecular weight is 215 g/mol. The van der Waals surface area contributed by atoms with Gasteiger partial charge in [0.05, 0.1) is 13.2 Å². The molecule has 0 bridgehead atoms. The molecule has 1 heterocycles. The van der Waals surface area contributed by atoms with Gasteiger partial charge in [-0.25, -0.2) is 0 Å². The Kier molecular flexibility index (Phi) is 6.17. The molecule has 1 aliphatic heterocycles. The molecule has 0 radical (unpaired) electrons. The van der Waals surface area contributed by atoms with Crippen LogP contribution in [0.5, 0.6) is 0 Å². The van der Waals surface area contributed by atoms with Gasteiger partial charge in [-0.3, -0.25) is 4.90 Å². The SMILES string of the molecule is CC(N)C1CCCCN1CCOCCN. The Balaban J connectivity index is 2.23. The number of nitrogens with zero attached hydrogens (tertiary/aromatic N) is 1. The first-order valence-electron chi connectivity index (χ1n) is 6.03. The lowest BCUT2D eigenvalue weighted by Gasteiger charge is -2.37. The first kappa shape index (κ1) is 12.9. The largest absolute Gasteiger partial charge is 0.379 e. The van der Waals surface area contributed by atoms with Crippen LogP contribution in [-0.4, -0.2) is 49.8 Å². The van der Waals surface area contributed by atoms with E-state index in [-0.39, 0.29) is 6.04 Å². The number of likely N-dealkylation sites (tertiary alicyclic amines) is 1. The van der Waals surface area contributed by atoms with Crippen molar-refractivity contribution in [2.45, 2.75) is 38.3 Å². The van der Waals surface area contributed by atoms with Crippen LogP contribution in [0.15, 0.2) is 0 Å². The van der Waals surface area contributed by atoms with Gasteiger partial charge in [0.2, 0.25) is 0 Å². The maximum Gasteiger partial charge on any atom is 0.0594 e. The molecular weight excluding hydrogens is 190 g/mol. The Labute approximate surface area is 92.9 Å². The molecule has 0 aromatic heterocycles. The zero-order valence-electron chi connectivity index (χ0n) is 9.82. The van der Waals surface area contributed by atoms with E-state index < -0.39 is 0 Å². The van der Waals surface area contributed by atoms with Gasteiger partial charge in [-0.1, -0.05) is 6.42 Å². The highest BCUT2D eigenvalue weighted by Crippen LogP contribution is 2.18. The molecule has 0 aromatic rings. The highest BCUT2D eigenvalue weighted by molar-refractivity contribution is 4.82. The minimum absolute atomic E-state index is 0.264. The van der Waals surface area contributed by atoms with Crippen LogP contribution >= 0.6 is 0 Å². The molecule has 90 valence electrons. The summed E-state index contributed by atoms with van der Waals surface area (Å²) in [6.07, 6.45) is 3.83. The van der Waals surface area contributed by atoms with E-state index in [1.54, 1.807) is 0 Å². The van der Waals surface area contributed by atoms with Crippen LogP contribution in [-0.2, 0) is 4.74 Å². The van der Waals surface area contributed by atoms with E-state index in [9.17, 15) is 0 Å². The lowest BCUT2D eigenvalue weighted by atomic mass is 9.97. The summed E-state index contributed by atoms with van der Waals surface area (Å²) in [6.45, 7) is 6.31. The average Bonchev–Trinajstić information content (AvgIpc) is 2.25. The normalized spacial score (nSPS) is 25.4. The maximum absolute atomic E-state index is 5.99. The number of hydrogen-bond donors (Lipinski definition) is 2. The molecule has 2 unspecified atom stereocenters. The lowest BCUT2D eigenvalue weighted by molar-refractivity contribution is 0.0682. The second kappa shape index (κ2) is 7.17. The summed E-state index contributed by atoms with van der Waals surface area (Å²) in [4.78, 5) is 2.46. The number of hydrogen-bond acceptors (Lipinski definition) is 4. The van der Waals surface area contributed by atoms with E-state index in [0.29, 0.717) is 19.2 Å². The smallest absolute Gasteiger partial charge is 0.0594 e. The molecule has 4 nitrogen and oxygen atoms in total. The molecule has 1 fully saturated rings. The van der Waals surface area contributed by atoms with Crippen molar-refractivity contribution >= 4 is 0 Å². The molecule has 2 atom stereocenters. The molecule has 4 N–H and O–H groups in total. The van der Waals surface area contributed by atoms with Gasteiger partial charge < -0.3 is 16.2 Å². The predicted octanol–water partition coefficient (Wildman–Crippen LogP) is 0.163. The molecule has 0 spiro atoms. The third-order valence-corrected chi connectivity index (χ3v) is 3.06. The molecule has 0 amide bonds. The van der Waals surface area contributed by atoms with E-state index in [1.165, 1.54) is 19.3 Å². The van der Waals surface area contributed by atoms with Crippen molar-refractivity contribution in [2.75, 3.05) is 32.8 Å². The molecule has 15 heavy (non-hydrogen) atoms. The third kappa shape index (κ3) is 4.47. The summed E-state index contributed by atoms with van der Waals surface area (Å²) in [5, 5.41) is 0. The summed E-state index contributed by atoms with van der Waals surface area (Å²) in [5.74, 6) is 0. The minimum Gasteiger partial charge on any atom is -0.379 e. The van der Waals surface area contributed by atoms with E-state index in [0.717, 1.165) is 19.7 Å². The van der Waals surface area contributed by atoms with Crippen LogP contribution in [0.2, 0.25) is 0 Å². The molecule has 0 aliphatic carbocycles. The van der Waals surface area contributed by atoms with Gasteiger partial charge in [0.1, 0.15) is 0 Å². The number of rotatable bonds is 6. The lowest BCUT2D eigenvalue weighted by Crippen LogP contribution is -2.50. The van der Waals surface area contributed by atoms with E-state index in [4.69, 9.17) is 16.2 Å². The maximum atomic E-state index is 5.99. The molecule has 0 aromatic carbocycles.